The molecule has 0 radical (unpaired) electrons. The average molecular weight is 336 g/mol. The molecule has 4 rings (SSSR count). The Morgan fingerprint density at radius 2 is 1.23 bits per heavy atom. The van der Waals surface area contributed by atoms with Crippen molar-refractivity contribution in [3.63, 3.8) is 0 Å². The highest BCUT2D eigenvalue weighted by atomic mass is 14.2. The first-order valence-corrected chi connectivity index (χ1v) is 9.33. The van der Waals surface area contributed by atoms with Gasteiger partial charge in [0, 0.05) is 0 Å². The van der Waals surface area contributed by atoms with Gasteiger partial charge in [-0.1, -0.05) is 98.3 Å². The van der Waals surface area contributed by atoms with Crippen LogP contribution in [0.25, 0.3) is 33.0 Å². The molecule has 0 saturated carbocycles. The fourth-order valence-corrected chi connectivity index (χ4v) is 3.75. The van der Waals surface area contributed by atoms with Crippen LogP contribution in [0.3, 0.4) is 0 Å². The van der Waals surface area contributed by atoms with Crippen LogP contribution in [0.4, 0.5) is 0 Å². The van der Waals surface area contributed by atoms with Crippen molar-refractivity contribution < 1.29 is 0 Å². The summed E-state index contributed by atoms with van der Waals surface area (Å²) in [5, 5.41) is 2.65. The molecule has 0 aliphatic heterocycles. The molecular weight excluding hydrogens is 312 g/mol. The zero-order valence-corrected chi connectivity index (χ0v) is 15.7. The summed E-state index contributed by atoms with van der Waals surface area (Å²) >= 11 is 0. The molecule has 128 valence electrons. The third-order valence-electron chi connectivity index (χ3n) is 5.12. The van der Waals surface area contributed by atoms with Gasteiger partial charge >= 0.3 is 0 Å². The Bertz CT molecular complexity index is 1040. The molecule has 0 atom stereocenters. The van der Waals surface area contributed by atoms with Crippen molar-refractivity contribution in [1.82, 2.24) is 0 Å². The number of aryl methyl sites for hydroxylation is 1. The zero-order chi connectivity index (χ0) is 18.1. The predicted octanol–water partition coefficient (Wildman–Crippen LogP) is 7.61. The number of fused-ring (bicyclic) bond motifs is 1. The molecule has 0 bridgehead atoms. The van der Waals surface area contributed by atoms with Crippen LogP contribution in [0.5, 0.6) is 0 Å². The second-order valence-electron chi connectivity index (χ2n) is 7.32. The van der Waals surface area contributed by atoms with Gasteiger partial charge < -0.3 is 0 Å². The van der Waals surface area contributed by atoms with Gasteiger partial charge in [0.15, 0.2) is 0 Å². The first-order chi connectivity index (χ1) is 12.6. The van der Waals surface area contributed by atoms with Gasteiger partial charge in [-0.15, -0.1) is 0 Å². The molecule has 0 aliphatic carbocycles. The third-order valence-corrected chi connectivity index (χ3v) is 5.12. The molecule has 0 nitrogen and oxygen atoms in total. The fourth-order valence-electron chi connectivity index (χ4n) is 3.75. The van der Waals surface area contributed by atoms with Crippen LogP contribution in [-0.2, 0) is 0 Å². The van der Waals surface area contributed by atoms with Gasteiger partial charge in [-0.25, -0.2) is 0 Å². The first-order valence-electron chi connectivity index (χ1n) is 9.33. The van der Waals surface area contributed by atoms with Crippen LogP contribution in [0.15, 0.2) is 84.9 Å². The van der Waals surface area contributed by atoms with Crippen LogP contribution < -0.4 is 0 Å². The molecule has 0 saturated heterocycles. The standard InChI is InChI=1S/C26H24/c1-18(2)24-17-25(20-15-13-19(3)14-16-20)22-11-7-8-12-23(22)26(24)21-9-5-4-6-10-21/h4-18H,1-3H3. The third kappa shape index (κ3) is 2.93. The molecule has 0 aromatic heterocycles. The average Bonchev–Trinajstić information content (AvgIpc) is 2.68. The smallest absolute Gasteiger partial charge is 0.00703 e. The topological polar surface area (TPSA) is 0 Å². The minimum atomic E-state index is 0.457. The van der Waals surface area contributed by atoms with Crippen molar-refractivity contribution in [3.05, 3.63) is 96.1 Å². The highest BCUT2D eigenvalue weighted by Gasteiger charge is 2.16. The second-order valence-corrected chi connectivity index (χ2v) is 7.32. The molecule has 0 fully saturated rings. The van der Waals surface area contributed by atoms with E-state index >= 15 is 0 Å². The highest BCUT2D eigenvalue weighted by Crippen LogP contribution is 2.41. The Kier molecular flexibility index (Phi) is 4.34. The second kappa shape index (κ2) is 6.80. The molecule has 0 heteroatoms. The summed E-state index contributed by atoms with van der Waals surface area (Å²) in [5.74, 6) is 0.457. The van der Waals surface area contributed by atoms with Gasteiger partial charge in [0.1, 0.15) is 0 Å². The fraction of sp³-hybridized carbons (Fsp3) is 0.154. The van der Waals surface area contributed by atoms with E-state index in [1.807, 2.05) is 0 Å². The van der Waals surface area contributed by atoms with E-state index in [1.54, 1.807) is 0 Å². The Labute approximate surface area is 156 Å². The summed E-state index contributed by atoms with van der Waals surface area (Å²) in [4.78, 5) is 0. The molecule has 0 amide bonds. The summed E-state index contributed by atoms with van der Waals surface area (Å²) in [5.41, 5.74) is 7.97. The monoisotopic (exact) mass is 336 g/mol. The van der Waals surface area contributed by atoms with Crippen LogP contribution in [0.1, 0.15) is 30.9 Å². The predicted molar refractivity (Wildman–Crippen MR) is 114 cm³/mol. The molecule has 0 aliphatic rings. The first kappa shape index (κ1) is 16.6. The highest BCUT2D eigenvalue weighted by molar-refractivity contribution is 6.06. The van der Waals surface area contributed by atoms with E-state index in [2.05, 4.69) is 106 Å². The van der Waals surface area contributed by atoms with E-state index in [0.29, 0.717) is 5.92 Å². The van der Waals surface area contributed by atoms with Gasteiger partial charge in [0.05, 0.1) is 0 Å². The van der Waals surface area contributed by atoms with Crippen LogP contribution in [0.2, 0.25) is 0 Å². The van der Waals surface area contributed by atoms with Crippen molar-refractivity contribution >= 4 is 10.8 Å². The van der Waals surface area contributed by atoms with E-state index in [4.69, 9.17) is 0 Å². The summed E-state index contributed by atoms with van der Waals surface area (Å²) in [6.07, 6.45) is 0. The summed E-state index contributed by atoms with van der Waals surface area (Å²) < 4.78 is 0. The van der Waals surface area contributed by atoms with Crippen molar-refractivity contribution in [2.75, 3.05) is 0 Å². The van der Waals surface area contributed by atoms with E-state index in [-0.39, 0.29) is 0 Å². The maximum absolute atomic E-state index is 2.40. The minimum Gasteiger partial charge on any atom is -0.0622 e. The van der Waals surface area contributed by atoms with Gasteiger partial charge in [-0.05, 0) is 57.5 Å². The molecule has 0 N–H and O–H groups in total. The molecule has 26 heavy (non-hydrogen) atoms. The van der Waals surface area contributed by atoms with Crippen LogP contribution in [-0.4, -0.2) is 0 Å². The lowest BCUT2D eigenvalue weighted by Crippen LogP contribution is -1.96. The van der Waals surface area contributed by atoms with Crippen molar-refractivity contribution in [2.45, 2.75) is 26.7 Å². The van der Waals surface area contributed by atoms with Crippen molar-refractivity contribution in [2.24, 2.45) is 0 Å². The van der Waals surface area contributed by atoms with Gasteiger partial charge in [0.2, 0.25) is 0 Å². The van der Waals surface area contributed by atoms with E-state index in [1.165, 1.54) is 44.2 Å². The van der Waals surface area contributed by atoms with Gasteiger partial charge in [-0.2, -0.15) is 0 Å². The van der Waals surface area contributed by atoms with E-state index in [0.717, 1.165) is 0 Å². The quantitative estimate of drug-likeness (QED) is 0.361. The Hall–Kier alpha value is -2.86. The van der Waals surface area contributed by atoms with E-state index < -0.39 is 0 Å². The maximum Gasteiger partial charge on any atom is -0.00703 e. The molecule has 0 heterocycles. The Morgan fingerprint density at radius 3 is 1.88 bits per heavy atom. The SMILES string of the molecule is Cc1ccc(-c2cc(C(C)C)c(-c3ccccc3)c3ccccc23)cc1. The number of benzene rings is 4. The lowest BCUT2D eigenvalue weighted by atomic mass is 9.84. The normalized spacial score (nSPS) is 11.2. The minimum absolute atomic E-state index is 0.457. The number of hydrogen-bond acceptors (Lipinski definition) is 0. The Balaban J connectivity index is 2.09. The molecule has 0 spiro atoms. The van der Waals surface area contributed by atoms with Crippen LogP contribution >= 0.6 is 0 Å². The number of rotatable bonds is 3. The lowest BCUT2D eigenvalue weighted by Gasteiger charge is -2.20. The lowest BCUT2D eigenvalue weighted by molar-refractivity contribution is 0.871. The largest absolute Gasteiger partial charge is 0.0622 e. The van der Waals surface area contributed by atoms with Crippen molar-refractivity contribution in [1.29, 1.82) is 0 Å². The molecule has 4 aromatic carbocycles. The van der Waals surface area contributed by atoms with Gasteiger partial charge in [0.25, 0.3) is 0 Å². The summed E-state index contributed by atoms with van der Waals surface area (Å²) in [6.45, 7) is 6.71. The van der Waals surface area contributed by atoms with Crippen LogP contribution in [0, 0.1) is 6.92 Å². The zero-order valence-electron chi connectivity index (χ0n) is 15.7. The molecule has 4 aromatic rings. The number of hydrogen-bond donors (Lipinski definition) is 0. The summed E-state index contributed by atoms with van der Waals surface area (Å²) in [7, 11) is 0. The van der Waals surface area contributed by atoms with Crippen molar-refractivity contribution in [3.8, 4) is 22.3 Å². The Morgan fingerprint density at radius 1 is 0.615 bits per heavy atom. The molecular formula is C26H24. The summed E-state index contributed by atoms with van der Waals surface area (Å²) in [6, 6.07) is 30.9. The molecule has 0 unspecified atom stereocenters. The van der Waals surface area contributed by atoms with Gasteiger partial charge in [-0.3, -0.25) is 0 Å². The van der Waals surface area contributed by atoms with E-state index in [9.17, 15) is 0 Å². The maximum atomic E-state index is 2.40.